The van der Waals surface area contributed by atoms with Gasteiger partial charge in [0.2, 0.25) is 0 Å². The van der Waals surface area contributed by atoms with Crippen molar-refractivity contribution < 1.29 is 0 Å². The Kier molecular flexibility index (Phi) is 2.04. The van der Waals surface area contributed by atoms with Gasteiger partial charge < -0.3 is 0 Å². The SMILES string of the molecule is c1ccc2c(c1)Cc1ccc3ccccc3c1C2. The molecule has 1 aliphatic rings. The quantitative estimate of drug-likeness (QED) is 0.421. The van der Waals surface area contributed by atoms with Gasteiger partial charge in [-0.3, -0.25) is 0 Å². The van der Waals surface area contributed by atoms with E-state index in [-0.39, 0.29) is 0 Å². The first-order valence-electron chi connectivity index (χ1n) is 6.48. The zero-order chi connectivity index (χ0) is 11.9. The van der Waals surface area contributed by atoms with Crippen LogP contribution in [0.15, 0.2) is 60.7 Å². The van der Waals surface area contributed by atoms with Crippen LogP contribution in [0.1, 0.15) is 22.3 Å². The van der Waals surface area contributed by atoms with Gasteiger partial charge >= 0.3 is 0 Å². The Morgan fingerprint density at radius 1 is 0.556 bits per heavy atom. The summed E-state index contributed by atoms with van der Waals surface area (Å²) in [5.41, 5.74) is 5.99. The van der Waals surface area contributed by atoms with E-state index in [1.165, 1.54) is 33.0 Å². The summed E-state index contributed by atoms with van der Waals surface area (Å²) in [6.45, 7) is 0. The highest BCUT2D eigenvalue weighted by molar-refractivity contribution is 5.87. The minimum Gasteiger partial charge on any atom is -0.0620 e. The fraction of sp³-hybridized carbons (Fsp3) is 0.111. The molecule has 0 aliphatic heterocycles. The highest BCUT2D eigenvalue weighted by atomic mass is 14.2. The predicted octanol–water partition coefficient (Wildman–Crippen LogP) is 4.33. The molecule has 0 spiro atoms. The first kappa shape index (κ1) is 9.90. The molecule has 0 atom stereocenters. The average Bonchev–Trinajstić information content (AvgIpc) is 2.45. The van der Waals surface area contributed by atoms with Crippen molar-refractivity contribution in [2.75, 3.05) is 0 Å². The Labute approximate surface area is 107 Å². The highest BCUT2D eigenvalue weighted by Crippen LogP contribution is 2.32. The van der Waals surface area contributed by atoms with Gasteiger partial charge in [0.1, 0.15) is 0 Å². The van der Waals surface area contributed by atoms with Gasteiger partial charge in [-0.05, 0) is 45.9 Å². The molecule has 3 aromatic carbocycles. The zero-order valence-corrected chi connectivity index (χ0v) is 10.2. The van der Waals surface area contributed by atoms with E-state index in [0.29, 0.717) is 0 Å². The van der Waals surface area contributed by atoms with E-state index < -0.39 is 0 Å². The smallest absolute Gasteiger partial charge is 0.00139 e. The van der Waals surface area contributed by atoms with Crippen molar-refractivity contribution in [1.29, 1.82) is 0 Å². The van der Waals surface area contributed by atoms with Crippen LogP contribution in [-0.2, 0) is 12.8 Å². The van der Waals surface area contributed by atoms with Crippen LogP contribution in [0.3, 0.4) is 0 Å². The Morgan fingerprint density at radius 3 is 2.17 bits per heavy atom. The third-order valence-electron chi connectivity index (χ3n) is 4.00. The van der Waals surface area contributed by atoms with Crippen LogP contribution in [0.5, 0.6) is 0 Å². The fourth-order valence-corrected chi connectivity index (χ4v) is 3.05. The normalized spacial score (nSPS) is 13.1. The van der Waals surface area contributed by atoms with Crippen LogP contribution in [0.25, 0.3) is 10.8 Å². The number of benzene rings is 3. The van der Waals surface area contributed by atoms with Gasteiger partial charge in [0, 0.05) is 0 Å². The molecular weight excluding hydrogens is 216 g/mol. The average molecular weight is 230 g/mol. The van der Waals surface area contributed by atoms with Crippen LogP contribution in [0.2, 0.25) is 0 Å². The molecule has 4 rings (SSSR count). The highest BCUT2D eigenvalue weighted by Gasteiger charge is 2.16. The maximum absolute atomic E-state index is 2.30. The minimum atomic E-state index is 1.08. The molecule has 0 radical (unpaired) electrons. The number of fused-ring (bicyclic) bond motifs is 4. The van der Waals surface area contributed by atoms with Gasteiger partial charge in [0.25, 0.3) is 0 Å². The van der Waals surface area contributed by atoms with Gasteiger partial charge in [0.15, 0.2) is 0 Å². The van der Waals surface area contributed by atoms with E-state index in [4.69, 9.17) is 0 Å². The predicted molar refractivity (Wildman–Crippen MR) is 76.0 cm³/mol. The Morgan fingerprint density at radius 2 is 1.28 bits per heavy atom. The van der Waals surface area contributed by atoms with Crippen molar-refractivity contribution in [3.05, 3.63) is 82.9 Å². The molecule has 0 bridgehead atoms. The molecule has 0 fully saturated rings. The lowest BCUT2D eigenvalue weighted by molar-refractivity contribution is 1.01. The Bertz CT molecular complexity index is 738. The van der Waals surface area contributed by atoms with E-state index in [1.807, 2.05) is 0 Å². The molecule has 0 saturated heterocycles. The number of rotatable bonds is 0. The molecule has 0 aromatic heterocycles. The molecule has 0 unspecified atom stereocenters. The molecule has 86 valence electrons. The second-order valence-corrected chi connectivity index (χ2v) is 5.05. The monoisotopic (exact) mass is 230 g/mol. The zero-order valence-electron chi connectivity index (χ0n) is 10.2. The van der Waals surface area contributed by atoms with Crippen molar-refractivity contribution in [1.82, 2.24) is 0 Å². The Hall–Kier alpha value is -2.08. The third kappa shape index (κ3) is 1.39. The molecule has 0 amide bonds. The van der Waals surface area contributed by atoms with E-state index in [1.54, 1.807) is 0 Å². The molecule has 0 heterocycles. The summed E-state index contributed by atoms with van der Waals surface area (Å²) < 4.78 is 0. The van der Waals surface area contributed by atoms with Gasteiger partial charge in [0.05, 0.1) is 0 Å². The van der Waals surface area contributed by atoms with Gasteiger partial charge in [-0.1, -0.05) is 60.7 Å². The summed E-state index contributed by atoms with van der Waals surface area (Å²) in [7, 11) is 0. The molecule has 3 aromatic rings. The fourth-order valence-electron chi connectivity index (χ4n) is 3.05. The number of hydrogen-bond donors (Lipinski definition) is 0. The van der Waals surface area contributed by atoms with Crippen molar-refractivity contribution in [2.45, 2.75) is 12.8 Å². The van der Waals surface area contributed by atoms with Crippen molar-refractivity contribution in [3.63, 3.8) is 0 Å². The Balaban J connectivity index is 1.98. The van der Waals surface area contributed by atoms with Crippen LogP contribution < -0.4 is 0 Å². The topological polar surface area (TPSA) is 0 Å². The van der Waals surface area contributed by atoms with Gasteiger partial charge in [-0.25, -0.2) is 0 Å². The van der Waals surface area contributed by atoms with Gasteiger partial charge in [-0.2, -0.15) is 0 Å². The maximum Gasteiger partial charge on any atom is -0.00139 e. The van der Waals surface area contributed by atoms with Crippen LogP contribution in [-0.4, -0.2) is 0 Å². The summed E-state index contributed by atoms with van der Waals surface area (Å²) >= 11 is 0. The van der Waals surface area contributed by atoms with Crippen LogP contribution in [0.4, 0.5) is 0 Å². The summed E-state index contributed by atoms with van der Waals surface area (Å²) in [6, 6.07) is 22.1. The molecular formula is C18H14. The molecule has 1 aliphatic carbocycles. The summed E-state index contributed by atoms with van der Waals surface area (Å²) in [4.78, 5) is 0. The molecule has 0 saturated carbocycles. The van der Waals surface area contributed by atoms with Crippen molar-refractivity contribution in [3.8, 4) is 0 Å². The lowest BCUT2D eigenvalue weighted by Gasteiger charge is -2.21. The summed E-state index contributed by atoms with van der Waals surface area (Å²) in [6.07, 6.45) is 2.16. The molecule has 0 N–H and O–H groups in total. The maximum atomic E-state index is 2.30. The van der Waals surface area contributed by atoms with Crippen molar-refractivity contribution >= 4 is 10.8 Å². The standard InChI is InChI=1S/C18H14/c1-2-7-15-12-18-16(11-14(15)6-1)10-9-13-5-3-4-8-17(13)18/h1-10H,11-12H2. The molecule has 0 nitrogen and oxygen atoms in total. The lowest BCUT2D eigenvalue weighted by atomic mass is 9.83. The van der Waals surface area contributed by atoms with E-state index in [0.717, 1.165) is 12.8 Å². The van der Waals surface area contributed by atoms with E-state index >= 15 is 0 Å². The van der Waals surface area contributed by atoms with Crippen molar-refractivity contribution in [2.24, 2.45) is 0 Å². The number of hydrogen-bond acceptors (Lipinski definition) is 0. The minimum absolute atomic E-state index is 1.08. The second-order valence-electron chi connectivity index (χ2n) is 5.05. The lowest BCUT2D eigenvalue weighted by Crippen LogP contribution is -2.07. The van der Waals surface area contributed by atoms with Gasteiger partial charge in [-0.15, -0.1) is 0 Å². The first-order valence-corrected chi connectivity index (χ1v) is 6.48. The largest absolute Gasteiger partial charge is 0.0620 e. The van der Waals surface area contributed by atoms with E-state index in [2.05, 4.69) is 60.7 Å². The summed E-state index contributed by atoms with van der Waals surface area (Å²) in [5.74, 6) is 0. The molecule has 18 heavy (non-hydrogen) atoms. The van der Waals surface area contributed by atoms with E-state index in [9.17, 15) is 0 Å². The summed E-state index contributed by atoms with van der Waals surface area (Å²) in [5, 5.41) is 2.78. The second kappa shape index (κ2) is 3.71. The van der Waals surface area contributed by atoms with Crippen LogP contribution in [0, 0.1) is 0 Å². The van der Waals surface area contributed by atoms with Crippen LogP contribution >= 0.6 is 0 Å². The molecule has 0 heteroatoms. The third-order valence-corrected chi connectivity index (χ3v) is 4.00. The first-order chi connectivity index (χ1) is 8.92.